The van der Waals surface area contributed by atoms with Gasteiger partial charge in [-0.05, 0) is 43.2 Å². The van der Waals surface area contributed by atoms with Gasteiger partial charge in [-0.3, -0.25) is 9.59 Å². The third kappa shape index (κ3) is 6.10. The summed E-state index contributed by atoms with van der Waals surface area (Å²) in [5.41, 5.74) is 1.07. The van der Waals surface area contributed by atoms with E-state index < -0.39 is 17.1 Å². The number of nitrogens with zero attached hydrogens (tertiary/aromatic N) is 1. The molecule has 0 aliphatic rings. The number of hydrogen-bond donors (Lipinski definition) is 3. The molecule has 1 amide bonds. The monoisotopic (exact) mass is 466 g/mol. The Kier molecular flexibility index (Phi) is 8.19. The molecule has 8 heteroatoms. The third-order valence-electron chi connectivity index (χ3n) is 5.57. The Balaban J connectivity index is 1.73. The first-order valence-corrected chi connectivity index (χ1v) is 11.0. The summed E-state index contributed by atoms with van der Waals surface area (Å²) < 4.78 is 10.9. The van der Waals surface area contributed by atoms with Gasteiger partial charge in [-0.25, -0.2) is 0 Å². The summed E-state index contributed by atoms with van der Waals surface area (Å²) in [5.74, 6) is -1.10. The lowest BCUT2D eigenvalue weighted by atomic mass is 9.91. The molecule has 180 valence electrons. The molecule has 0 aliphatic heterocycles. The highest BCUT2D eigenvalue weighted by molar-refractivity contribution is 5.77. The first-order valence-electron chi connectivity index (χ1n) is 11.0. The second-order valence-corrected chi connectivity index (χ2v) is 8.08. The van der Waals surface area contributed by atoms with Crippen molar-refractivity contribution in [3.05, 3.63) is 81.9 Å². The number of methoxy groups -OCH3 is 1. The zero-order chi connectivity index (χ0) is 24.7. The van der Waals surface area contributed by atoms with Crippen LogP contribution in [0.1, 0.15) is 35.8 Å². The van der Waals surface area contributed by atoms with Gasteiger partial charge in [0.1, 0.15) is 5.76 Å². The number of anilines is 1. The number of phenols is 1. The molecule has 0 aliphatic carbocycles. The Bertz CT molecular complexity index is 1180. The van der Waals surface area contributed by atoms with Crippen molar-refractivity contribution in [2.75, 3.05) is 32.1 Å². The van der Waals surface area contributed by atoms with Crippen LogP contribution in [0.2, 0.25) is 0 Å². The number of rotatable bonds is 10. The molecule has 34 heavy (non-hydrogen) atoms. The van der Waals surface area contributed by atoms with E-state index in [9.17, 15) is 19.8 Å². The zero-order valence-electron chi connectivity index (χ0n) is 19.6. The minimum atomic E-state index is -0.755. The van der Waals surface area contributed by atoms with Crippen LogP contribution in [0.5, 0.6) is 17.2 Å². The Morgan fingerprint density at radius 2 is 1.88 bits per heavy atom. The summed E-state index contributed by atoms with van der Waals surface area (Å²) in [4.78, 5) is 27.1. The lowest BCUT2D eigenvalue weighted by molar-refractivity contribution is -0.121. The predicted molar refractivity (Wildman–Crippen MR) is 130 cm³/mol. The van der Waals surface area contributed by atoms with Crippen LogP contribution in [0.4, 0.5) is 5.69 Å². The molecule has 0 radical (unpaired) electrons. The number of benzene rings is 2. The third-order valence-corrected chi connectivity index (χ3v) is 5.57. The normalized spacial score (nSPS) is 11.6. The van der Waals surface area contributed by atoms with E-state index in [1.54, 1.807) is 19.1 Å². The van der Waals surface area contributed by atoms with E-state index in [0.717, 1.165) is 18.7 Å². The van der Waals surface area contributed by atoms with Crippen LogP contribution >= 0.6 is 0 Å². The van der Waals surface area contributed by atoms with E-state index >= 15 is 0 Å². The molecule has 0 fully saturated rings. The van der Waals surface area contributed by atoms with E-state index in [4.69, 9.17) is 9.15 Å². The first kappa shape index (κ1) is 24.7. The summed E-state index contributed by atoms with van der Waals surface area (Å²) in [7, 11) is 3.41. The van der Waals surface area contributed by atoms with Crippen molar-refractivity contribution in [3.63, 3.8) is 0 Å². The Morgan fingerprint density at radius 3 is 2.59 bits per heavy atom. The molecule has 3 N–H and O–H groups in total. The molecule has 8 nitrogen and oxygen atoms in total. The largest absolute Gasteiger partial charge is 0.504 e. The van der Waals surface area contributed by atoms with Gasteiger partial charge in [0, 0.05) is 38.3 Å². The van der Waals surface area contributed by atoms with Gasteiger partial charge >= 0.3 is 0 Å². The quantitative estimate of drug-likeness (QED) is 0.392. The maximum Gasteiger partial charge on any atom is 0.227 e. The molecule has 0 spiro atoms. The molecule has 1 aromatic heterocycles. The van der Waals surface area contributed by atoms with Crippen molar-refractivity contribution in [1.82, 2.24) is 5.32 Å². The number of phenolic OH excluding ortho intramolecular Hbond substituents is 1. The Morgan fingerprint density at radius 1 is 1.15 bits per heavy atom. The molecule has 3 rings (SSSR count). The van der Waals surface area contributed by atoms with Gasteiger partial charge in [-0.2, -0.15) is 0 Å². The highest BCUT2D eigenvalue weighted by Crippen LogP contribution is 2.37. The predicted octanol–water partition coefficient (Wildman–Crippen LogP) is 3.53. The van der Waals surface area contributed by atoms with Gasteiger partial charge in [-0.15, -0.1) is 0 Å². The van der Waals surface area contributed by atoms with E-state index in [1.165, 1.54) is 19.2 Å². The second-order valence-electron chi connectivity index (χ2n) is 8.08. The summed E-state index contributed by atoms with van der Waals surface area (Å²) in [6, 6.07) is 15.8. The lowest BCUT2D eigenvalue weighted by Crippen LogP contribution is -2.29. The fraction of sp³-hybridized carbons (Fsp3) is 0.308. The molecule has 0 saturated heterocycles. The van der Waals surface area contributed by atoms with Gasteiger partial charge < -0.3 is 29.6 Å². The summed E-state index contributed by atoms with van der Waals surface area (Å²) >= 11 is 0. The number of aryl methyl sites for hydroxylation is 1. The SMILES string of the molecule is COc1cc([C@@H](CC(=O)NCCCN(C)c2ccccc2)c2oc(C)cc(=O)c2O)ccc1O. The minimum Gasteiger partial charge on any atom is -0.504 e. The Labute approximate surface area is 198 Å². The lowest BCUT2D eigenvalue weighted by Gasteiger charge is -2.20. The minimum absolute atomic E-state index is 0.00305. The maximum absolute atomic E-state index is 12.8. The fourth-order valence-corrected chi connectivity index (χ4v) is 3.75. The number of nitrogens with one attached hydrogen (secondary N) is 1. The van der Waals surface area contributed by atoms with Crippen molar-refractivity contribution >= 4 is 11.6 Å². The molecule has 1 heterocycles. The average molecular weight is 467 g/mol. The number of para-hydroxylation sites is 1. The molecule has 0 unspecified atom stereocenters. The molecular formula is C26H30N2O6. The van der Waals surface area contributed by atoms with Crippen LogP contribution in [-0.2, 0) is 4.79 Å². The van der Waals surface area contributed by atoms with E-state index in [2.05, 4.69) is 10.2 Å². The van der Waals surface area contributed by atoms with Gasteiger partial charge in [0.25, 0.3) is 0 Å². The van der Waals surface area contributed by atoms with Crippen molar-refractivity contribution in [3.8, 4) is 17.2 Å². The number of ether oxygens (including phenoxy) is 1. The van der Waals surface area contributed by atoms with Gasteiger partial charge in [-0.1, -0.05) is 24.3 Å². The van der Waals surface area contributed by atoms with E-state index in [0.29, 0.717) is 17.9 Å². The molecule has 2 aromatic carbocycles. The number of carbonyl (C=O) groups is 1. The van der Waals surface area contributed by atoms with Crippen LogP contribution in [0.25, 0.3) is 0 Å². The van der Waals surface area contributed by atoms with Gasteiger partial charge in [0.2, 0.25) is 17.1 Å². The Hall–Kier alpha value is -3.94. The van der Waals surface area contributed by atoms with Crippen molar-refractivity contribution in [2.24, 2.45) is 0 Å². The summed E-state index contributed by atoms with van der Waals surface area (Å²) in [6.07, 6.45) is 0.669. The molecule has 3 aromatic rings. The highest BCUT2D eigenvalue weighted by atomic mass is 16.5. The van der Waals surface area contributed by atoms with Crippen molar-refractivity contribution < 1.29 is 24.2 Å². The summed E-state index contributed by atoms with van der Waals surface area (Å²) in [6.45, 7) is 2.82. The smallest absolute Gasteiger partial charge is 0.227 e. The topological polar surface area (TPSA) is 112 Å². The van der Waals surface area contributed by atoms with Crippen molar-refractivity contribution in [1.29, 1.82) is 0 Å². The number of aromatic hydroxyl groups is 2. The van der Waals surface area contributed by atoms with Crippen LogP contribution in [-0.4, -0.2) is 43.4 Å². The zero-order valence-corrected chi connectivity index (χ0v) is 19.6. The van der Waals surface area contributed by atoms with Crippen molar-refractivity contribution in [2.45, 2.75) is 25.7 Å². The van der Waals surface area contributed by atoms with E-state index in [-0.39, 0.29) is 29.6 Å². The van der Waals surface area contributed by atoms with Crippen LogP contribution in [0, 0.1) is 6.92 Å². The molecule has 1 atom stereocenters. The van der Waals surface area contributed by atoms with Gasteiger partial charge in [0.15, 0.2) is 17.3 Å². The standard InChI is InChI=1S/C26H30N2O6/c1-17-14-22(30)25(32)26(34-17)20(18-10-11-21(29)23(15-18)33-3)16-24(31)27-12-7-13-28(2)19-8-5-4-6-9-19/h4-6,8-11,14-15,20,29,32H,7,12-13,16H2,1-3H3,(H,27,31)/t20-/m1/s1. The molecule has 0 bridgehead atoms. The number of amides is 1. The number of hydrogen-bond acceptors (Lipinski definition) is 7. The fourth-order valence-electron chi connectivity index (χ4n) is 3.75. The van der Waals surface area contributed by atoms with Crippen LogP contribution in [0.15, 0.2) is 63.8 Å². The highest BCUT2D eigenvalue weighted by Gasteiger charge is 2.26. The van der Waals surface area contributed by atoms with Crippen LogP contribution in [0.3, 0.4) is 0 Å². The molecular weight excluding hydrogens is 436 g/mol. The maximum atomic E-state index is 12.8. The van der Waals surface area contributed by atoms with E-state index in [1.807, 2.05) is 37.4 Å². The molecule has 0 saturated carbocycles. The number of carbonyl (C=O) groups excluding carboxylic acids is 1. The second kappa shape index (κ2) is 11.3. The summed E-state index contributed by atoms with van der Waals surface area (Å²) in [5, 5.41) is 23.3. The van der Waals surface area contributed by atoms with Gasteiger partial charge in [0.05, 0.1) is 13.0 Å². The first-order chi connectivity index (χ1) is 16.3. The van der Waals surface area contributed by atoms with Crippen LogP contribution < -0.4 is 20.4 Å². The average Bonchev–Trinajstić information content (AvgIpc) is 2.83.